The predicted octanol–water partition coefficient (Wildman–Crippen LogP) is 1.18. The van der Waals surface area contributed by atoms with Gasteiger partial charge >= 0.3 is 11.9 Å². The van der Waals surface area contributed by atoms with Crippen LogP contribution >= 0.6 is 0 Å². The zero-order valence-electron chi connectivity index (χ0n) is 9.59. The van der Waals surface area contributed by atoms with Crippen molar-refractivity contribution in [2.75, 3.05) is 5.32 Å². The van der Waals surface area contributed by atoms with Gasteiger partial charge < -0.3 is 15.5 Å². The highest BCUT2D eigenvalue weighted by Crippen LogP contribution is 2.39. The maximum Gasteiger partial charge on any atom is 0.338 e. The lowest BCUT2D eigenvalue weighted by Gasteiger charge is -2.06. The Morgan fingerprint density at radius 1 is 1.21 bits per heavy atom. The third-order valence-electron chi connectivity index (χ3n) is 2.91. The Kier molecular flexibility index (Phi) is 3.20. The summed E-state index contributed by atoms with van der Waals surface area (Å²) >= 11 is 0. The highest BCUT2D eigenvalue weighted by Gasteiger charge is 2.48. The van der Waals surface area contributed by atoms with Gasteiger partial charge in [-0.25, -0.2) is 9.18 Å². The molecule has 0 aliphatic heterocycles. The molecule has 1 amide bonds. The van der Waals surface area contributed by atoms with Crippen LogP contribution in [0.2, 0.25) is 0 Å². The van der Waals surface area contributed by atoms with Gasteiger partial charge in [-0.2, -0.15) is 0 Å². The van der Waals surface area contributed by atoms with E-state index in [0.717, 1.165) is 12.1 Å². The van der Waals surface area contributed by atoms with Crippen LogP contribution in [-0.2, 0) is 9.59 Å². The Balaban J connectivity index is 2.08. The van der Waals surface area contributed by atoms with E-state index in [1.807, 2.05) is 0 Å². The third kappa shape index (κ3) is 2.70. The molecule has 0 heterocycles. The molecule has 6 nitrogen and oxygen atoms in total. The minimum absolute atomic E-state index is 0.125. The summed E-state index contributed by atoms with van der Waals surface area (Å²) in [6.07, 6.45) is 0.258. The van der Waals surface area contributed by atoms with Crippen LogP contribution in [0, 0.1) is 17.7 Å². The molecular formula is C12H10FNO5. The van der Waals surface area contributed by atoms with Gasteiger partial charge in [0.25, 0.3) is 0 Å². The van der Waals surface area contributed by atoms with Crippen LogP contribution in [0.5, 0.6) is 0 Å². The number of carbonyl (C=O) groups excluding carboxylic acids is 1. The Morgan fingerprint density at radius 3 is 2.42 bits per heavy atom. The van der Waals surface area contributed by atoms with Crippen molar-refractivity contribution in [1.82, 2.24) is 0 Å². The van der Waals surface area contributed by atoms with Crippen LogP contribution in [-0.4, -0.2) is 28.1 Å². The number of anilines is 1. The van der Waals surface area contributed by atoms with Crippen LogP contribution in [0.1, 0.15) is 16.8 Å². The molecule has 0 saturated heterocycles. The number of hydrogen-bond acceptors (Lipinski definition) is 3. The van der Waals surface area contributed by atoms with Gasteiger partial charge in [0.05, 0.1) is 17.4 Å². The molecule has 1 fully saturated rings. The van der Waals surface area contributed by atoms with Gasteiger partial charge in [0.15, 0.2) is 0 Å². The van der Waals surface area contributed by atoms with E-state index in [2.05, 4.69) is 5.32 Å². The first kappa shape index (κ1) is 13.0. The van der Waals surface area contributed by atoms with Gasteiger partial charge in [-0.15, -0.1) is 0 Å². The first-order valence-electron chi connectivity index (χ1n) is 5.46. The maximum absolute atomic E-state index is 13.1. The molecule has 0 bridgehead atoms. The van der Waals surface area contributed by atoms with E-state index in [4.69, 9.17) is 10.2 Å². The van der Waals surface area contributed by atoms with Crippen molar-refractivity contribution in [2.24, 2.45) is 11.8 Å². The number of carbonyl (C=O) groups is 3. The average molecular weight is 267 g/mol. The molecule has 1 aromatic carbocycles. The molecule has 0 unspecified atom stereocenters. The quantitative estimate of drug-likeness (QED) is 0.760. The van der Waals surface area contributed by atoms with Crippen LogP contribution in [0.4, 0.5) is 10.1 Å². The molecule has 1 aliphatic carbocycles. The topological polar surface area (TPSA) is 104 Å². The molecule has 0 spiro atoms. The Labute approximate surface area is 106 Å². The summed E-state index contributed by atoms with van der Waals surface area (Å²) in [5.74, 6) is -5.19. The van der Waals surface area contributed by atoms with Crippen LogP contribution in [0.3, 0.4) is 0 Å². The van der Waals surface area contributed by atoms with Crippen molar-refractivity contribution in [3.05, 3.63) is 29.6 Å². The Bertz CT molecular complexity index is 571. The van der Waals surface area contributed by atoms with E-state index in [1.54, 1.807) is 0 Å². The number of hydrogen-bond donors (Lipinski definition) is 3. The highest BCUT2D eigenvalue weighted by molar-refractivity contribution is 5.99. The molecule has 0 radical (unpaired) electrons. The second kappa shape index (κ2) is 4.68. The SMILES string of the molecule is O=C(O)c1cc(NC(=O)[C@@H]2C[C@@H]2C(=O)O)ccc1F. The Morgan fingerprint density at radius 2 is 1.89 bits per heavy atom. The summed E-state index contributed by atoms with van der Waals surface area (Å²) in [6.45, 7) is 0. The third-order valence-corrected chi connectivity index (χ3v) is 2.91. The lowest BCUT2D eigenvalue weighted by atomic mass is 10.2. The van der Waals surface area contributed by atoms with E-state index in [9.17, 15) is 18.8 Å². The number of aromatic carboxylic acids is 1. The van der Waals surface area contributed by atoms with Crippen molar-refractivity contribution in [3.8, 4) is 0 Å². The van der Waals surface area contributed by atoms with Crippen LogP contribution in [0.25, 0.3) is 0 Å². The van der Waals surface area contributed by atoms with Gasteiger partial charge in [-0.3, -0.25) is 9.59 Å². The minimum atomic E-state index is -1.44. The predicted molar refractivity (Wildman–Crippen MR) is 61.2 cm³/mol. The Hall–Kier alpha value is -2.44. The van der Waals surface area contributed by atoms with Gasteiger partial charge in [0, 0.05) is 5.69 Å². The zero-order valence-corrected chi connectivity index (χ0v) is 9.59. The molecule has 1 saturated carbocycles. The monoisotopic (exact) mass is 267 g/mol. The number of nitrogens with one attached hydrogen (secondary N) is 1. The molecular weight excluding hydrogens is 257 g/mol. The number of benzene rings is 1. The van der Waals surface area contributed by atoms with E-state index >= 15 is 0 Å². The van der Waals surface area contributed by atoms with Crippen molar-refractivity contribution in [2.45, 2.75) is 6.42 Å². The van der Waals surface area contributed by atoms with E-state index < -0.39 is 41.1 Å². The molecule has 2 atom stereocenters. The number of carboxylic acids is 2. The molecule has 2 rings (SSSR count). The normalized spacial score (nSPS) is 20.7. The molecule has 19 heavy (non-hydrogen) atoms. The van der Waals surface area contributed by atoms with Crippen molar-refractivity contribution in [3.63, 3.8) is 0 Å². The summed E-state index contributed by atoms with van der Waals surface area (Å²) in [4.78, 5) is 33.0. The van der Waals surface area contributed by atoms with E-state index in [-0.39, 0.29) is 12.1 Å². The van der Waals surface area contributed by atoms with Gasteiger partial charge in [-0.1, -0.05) is 0 Å². The number of carboxylic acid groups (broad SMARTS) is 2. The van der Waals surface area contributed by atoms with Gasteiger partial charge in [0.1, 0.15) is 5.82 Å². The second-order valence-corrected chi connectivity index (χ2v) is 4.28. The van der Waals surface area contributed by atoms with Crippen LogP contribution in [0.15, 0.2) is 18.2 Å². The first-order chi connectivity index (χ1) is 8.90. The average Bonchev–Trinajstić information content (AvgIpc) is 3.11. The minimum Gasteiger partial charge on any atom is -0.481 e. The van der Waals surface area contributed by atoms with E-state index in [1.165, 1.54) is 6.07 Å². The highest BCUT2D eigenvalue weighted by atomic mass is 19.1. The lowest BCUT2D eigenvalue weighted by Crippen LogP contribution is -2.17. The molecule has 1 aromatic rings. The summed E-state index contributed by atoms with van der Waals surface area (Å²) in [6, 6.07) is 3.15. The lowest BCUT2D eigenvalue weighted by molar-refractivity contribution is -0.139. The number of halogens is 1. The number of aliphatic carboxylic acids is 1. The molecule has 3 N–H and O–H groups in total. The fourth-order valence-electron chi connectivity index (χ4n) is 1.76. The summed E-state index contributed by atoms with van der Waals surface area (Å²) in [5.41, 5.74) is -0.428. The summed E-state index contributed by atoms with van der Waals surface area (Å²) in [7, 11) is 0. The fourth-order valence-corrected chi connectivity index (χ4v) is 1.76. The van der Waals surface area contributed by atoms with Crippen LogP contribution < -0.4 is 5.32 Å². The van der Waals surface area contributed by atoms with Gasteiger partial charge in [0.2, 0.25) is 5.91 Å². The number of rotatable bonds is 4. The maximum atomic E-state index is 13.1. The molecule has 0 aromatic heterocycles. The summed E-state index contributed by atoms with van der Waals surface area (Å²) < 4.78 is 13.1. The summed E-state index contributed by atoms with van der Waals surface area (Å²) in [5, 5.41) is 19.8. The number of amides is 1. The molecule has 7 heteroatoms. The van der Waals surface area contributed by atoms with Gasteiger partial charge in [-0.05, 0) is 24.6 Å². The van der Waals surface area contributed by atoms with Crippen molar-refractivity contribution in [1.29, 1.82) is 0 Å². The largest absolute Gasteiger partial charge is 0.481 e. The standard InChI is InChI=1S/C12H10FNO5/c13-9-2-1-5(3-8(9)12(18)19)14-10(15)6-4-7(6)11(16)17/h1-3,6-7H,4H2,(H,14,15)(H,16,17)(H,18,19)/t6-,7+/m1/s1. The van der Waals surface area contributed by atoms with Crippen molar-refractivity contribution >= 4 is 23.5 Å². The second-order valence-electron chi connectivity index (χ2n) is 4.28. The van der Waals surface area contributed by atoms with E-state index in [0.29, 0.717) is 0 Å². The first-order valence-corrected chi connectivity index (χ1v) is 5.46. The zero-order chi connectivity index (χ0) is 14.2. The molecule has 1 aliphatic rings. The fraction of sp³-hybridized carbons (Fsp3) is 0.250. The smallest absolute Gasteiger partial charge is 0.338 e. The molecule has 100 valence electrons. The van der Waals surface area contributed by atoms with Crippen molar-refractivity contribution < 1.29 is 29.0 Å².